The summed E-state index contributed by atoms with van der Waals surface area (Å²) in [7, 11) is 0. The molecule has 0 aliphatic rings. The van der Waals surface area contributed by atoms with Gasteiger partial charge in [0.1, 0.15) is 0 Å². The van der Waals surface area contributed by atoms with Crippen molar-refractivity contribution in [1.82, 2.24) is 19.4 Å². The van der Waals surface area contributed by atoms with E-state index in [2.05, 4.69) is 10.2 Å². The van der Waals surface area contributed by atoms with E-state index in [9.17, 15) is 22.0 Å². The first kappa shape index (κ1) is 16.8. The van der Waals surface area contributed by atoms with Gasteiger partial charge in [0.25, 0.3) is 6.43 Å². The van der Waals surface area contributed by atoms with E-state index >= 15 is 0 Å². The number of aromatic nitrogens is 4. The van der Waals surface area contributed by atoms with Crippen LogP contribution >= 0.6 is 11.6 Å². The Morgan fingerprint density at radius 1 is 1.04 bits per heavy atom. The van der Waals surface area contributed by atoms with Gasteiger partial charge in [-0.05, 0) is 18.2 Å². The lowest BCUT2D eigenvalue weighted by Crippen LogP contribution is -2.10. The van der Waals surface area contributed by atoms with Crippen LogP contribution in [0.5, 0.6) is 0 Å². The molecule has 0 aliphatic heterocycles. The van der Waals surface area contributed by atoms with Crippen molar-refractivity contribution >= 4 is 28.0 Å². The summed E-state index contributed by atoms with van der Waals surface area (Å²) in [5.41, 5.74) is -2.70. The topological polar surface area (TPSA) is 35.1 Å². The zero-order valence-electron chi connectivity index (χ0n) is 12.7. The van der Waals surface area contributed by atoms with E-state index in [1.807, 2.05) is 0 Å². The summed E-state index contributed by atoms with van der Waals surface area (Å²) in [6.07, 6.45) is -6.88. The number of halogens is 6. The predicted octanol–water partition coefficient (Wildman–Crippen LogP) is 5.28. The largest absolute Gasteiger partial charge is 0.435 e. The number of benzene rings is 1. The molecule has 0 unspecified atom stereocenters. The third-order valence-electron chi connectivity index (χ3n) is 3.92. The van der Waals surface area contributed by atoms with Crippen LogP contribution in [-0.2, 0) is 6.18 Å². The van der Waals surface area contributed by atoms with Crippen molar-refractivity contribution in [3.05, 3.63) is 58.9 Å². The zero-order valence-corrected chi connectivity index (χ0v) is 13.4. The molecule has 3 aromatic heterocycles. The second-order valence-corrected chi connectivity index (χ2v) is 5.88. The van der Waals surface area contributed by atoms with Crippen LogP contribution in [0.2, 0.25) is 5.02 Å². The predicted molar refractivity (Wildman–Crippen MR) is 84.8 cm³/mol. The first-order chi connectivity index (χ1) is 12.3. The summed E-state index contributed by atoms with van der Waals surface area (Å²) in [6, 6.07) is 8.95. The highest BCUT2D eigenvalue weighted by molar-refractivity contribution is 6.35. The van der Waals surface area contributed by atoms with E-state index in [1.165, 1.54) is 23.0 Å². The molecule has 10 heteroatoms. The summed E-state index contributed by atoms with van der Waals surface area (Å²) in [6.45, 7) is 0. The van der Waals surface area contributed by atoms with Crippen LogP contribution in [0.15, 0.2) is 42.6 Å². The Morgan fingerprint density at radius 3 is 2.46 bits per heavy atom. The fourth-order valence-corrected chi connectivity index (χ4v) is 3.13. The Balaban J connectivity index is 2.09. The van der Waals surface area contributed by atoms with Gasteiger partial charge in [0.2, 0.25) is 0 Å². The minimum Gasteiger partial charge on any atom is -0.214 e. The molecule has 0 spiro atoms. The number of nitrogens with zero attached hydrogens (tertiary/aromatic N) is 4. The Morgan fingerprint density at radius 2 is 1.77 bits per heavy atom. The second kappa shape index (κ2) is 5.66. The summed E-state index contributed by atoms with van der Waals surface area (Å²) in [5.74, 6) is 0.0583. The van der Waals surface area contributed by atoms with Crippen molar-refractivity contribution in [2.45, 2.75) is 12.6 Å². The number of alkyl halides is 5. The molecule has 134 valence electrons. The Labute approximate surface area is 147 Å². The van der Waals surface area contributed by atoms with E-state index in [0.717, 1.165) is 10.6 Å². The normalized spacial score (nSPS) is 12.6. The van der Waals surface area contributed by atoms with Gasteiger partial charge in [-0.2, -0.15) is 23.4 Å². The summed E-state index contributed by atoms with van der Waals surface area (Å²) >= 11 is 6.17. The van der Waals surface area contributed by atoms with E-state index in [4.69, 9.17) is 11.6 Å². The van der Waals surface area contributed by atoms with E-state index < -0.39 is 23.9 Å². The van der Waals surface area contributed by atoms with Crippen molar-refractivity contribution in [2.24, 2.45) is 0 Å². The van der Waals surface area contributed by atoms with Gasteiger partial charge in [-0.15, -0.1) is 0 Å². The molecule has 1 aromatic carbocycles. The first-order valence-corrected chi connectivity index (χ1v) is 7.66. The van der Waals surface area contributed by atoms with Crippen molar-refractivity contribution in [3.63, 3.8) is 0 Å². The maximum atomic E-state index is 13.3. The standard InChI is InChI=1S/C16H8ClF5N4/c17-9-4-1-3-8-7-23-26(13(8)9)11-6-2-5-10-12(15(18)19)14(16(20,21)22)24-25(10)11/h1-7,15H. The highest BCUT2D eigenvalue weighted by Crippen LogP contribution is 2.38. The van der Waals surface area contributed by atoms with E-state index in [0.29, 0.717) is 15.9 Å². The van der Waals surface area contributed by atoms with Crippen molar-refractivity contribution < 1.29 is 22.0 Å². The van der Waals surface area contributed by atoms with Gasteiger partial charge in [0, 0.05) is 5.39 Å². The lowest BCUT2D eigenvalue weighted by molar-refractivity contribution is -0.143. The number of hydrogen-bond donors (Lipinski definition) is 0. The Hall–Kier alpha value is -2.68. The molecule has 0 bridgehead atoms. The van der Waals surface area contributed by atoms with Gasteiger partial charge in [0.15, 0.2) is 11.5 Å². The smallest absolute Gasteiger partial charge is 0.214 e. The van der Waals surface area contributed by atoms with Crippen LogP contribution in [0.3, 0.4) is 0 Å². The van der Waals surface area contributed by atoms with E-state index in [-0.39, 0.29) is 11.3 Å². The molecular weight excluding hydrogens is 379 g/mol. The van der Waals surface area contributed by atoms with Crippen molar-refractivity contribution in [3.8, 4) is 5.82 Å². The molecule has 0 saturated heterocycles. The average molecular weight is 387 g/mol. The third kappa shape index (κ3) is 2.42. The van der Waals surface area contributed by atoms with Gasteiger partial charge in [-0.1, -0.05) is 29.8 Å². The van der Waals surface area contributed by atoms with Crippen LogP contribution in [0.4, 0.5) is 22.0 Å². The van der Waals surface area contributed by atoms with Crippen LogP contribution in [-0.4, -0.2) is 19.4 Å². The minimum absolute atomic E-state index is 0.0583. The van der Waals surface area contributed by atoms with Crippen LogP contribution in [0, 0.1) is 0 Å². The monoisotopic (exact) mass is 386 g/mol. The third-order valence-corrected chi connectivity index (χ3v) is 4.23. The van der Waals surface area contributed by atoms with Gasteiger partial charge >= 0.3 is 6.18 Å². The van der Waals surface area contributed by atoms with Crippen molar-refractivity contribution in [2.75, 3.05) is 0 Å². The molecule has 0 saturated carbocycles. The number of rotatable bonds is 2. The van der Waals surface area contributed by atoms with Crippen LogP contribution in [0.25, 0.3) is 22.2 Å². The molecule has 0 amide bonds. The molecule has 4 nitrogen and oxygen atoms in total. The average Bonchev–Trinajstić information content (AvgIpc) is 3.16. The van der Waals surface area contributed by atoms with Crippen LogP contribution in [0.1, 0.15) is 17.7 Å². The molecule has 4 rings (SSSR count). The highest BCUT2D eigenvalue weighted by Gasteiger charge is 2.41. The zero-order chi connectivity index (χ0) is 18.6. The SMILES string of the molecule is FC(F)c1c(C(F)(F)F)nn2c(-n3ncc4cccc(Cl)c43)cccc12. The first-order valence-electron chi connectivity index (χ1n) is 7.28. The molecule has 26 heavy (non-hydrogen) atoms. The number of fused-ring (bicyclic) bond motifs is 2. The molecule has 0 N–H and O–H groups in total. The molecular formula is C16H8ClF5N4. The summed E-state index contributed by atoms with van der Waals surface area (Å²) in [4.78, 5) is 0. The van der Waals surface area contributed by atoms with Crippen LogP contribution < -0.4 is 0 Å². The maximum Gasteiger partial charge on any atom is 0.435 e. The molecule has 0 aliphatic carbocycles. The second-order valence-electron chi connectivity index (χ2n) is 5.48. The van der Waals surface area contributed by atoms with Crippen molar-refractivity contribution in [1.29, 1.82) is 0 Å². The maximum absolute atomic E-state index is 13.3. The molecule has 0 atom stereocenters. The fourth-order valence-electron chi connectivity index (χ4n) is 2.87. The number of para-hydroxylation sites is 1. The van der Waals surface area contributed by atoms with E-state index in [1.54, 1.807) is 18.2 Å². The number of hydrogen-bond acceptors (Lipinski definition) is 2. The minimum atomic E-state index is -5.01. The lowest BCUT2D eigenvalue weighted by atomic mass is 10.2. The van der Waals surface area contributed by atoms with Gasteiger partial charge in [0.05, 0.1) is 27.8 Å². The molecule has 0 radical (unpaired) electrons. The summed E-state index contributed by atoms with van der Waals surface area (Å²) < 4.78 is 68.3. The van der Waals surface area contributed by atoms with Gasteiger partial charge in [-0.25, -0.2) is 18.0 Å². The summed E-state index contributed by atoms with van der Waals surface area (Å²) in [5, 5.41) is 8.49. The molecule has 0 fully saturated rings. The highest BCUT2D eigenvalue weighted by atomic mass is 35.5. The Kier molecular flexibility index (Phi) is 3.65. The molecule has 4 aromatic rings. The number of pyridine rings is 1. The van der Waals surface area contributed by atoms with Gasteiger partial charge < -0.3 is 0 Å². The molecule has 3 heterocycles. The fraction of sp³-hybridized carbons (Fsp3) is 0.125. The quantitative estimate of drug-likeness (QED) is 0.439. The van der Waals surface area contributed by atoms with Gasteiger partial charge in [-0.3, -0.25) is 0 Å². The Bertz CT molecular complexity index is 1130. The lowest BCUT2D eigenvalue weighted by Gasteiger charge is -2.07.